The van der Waals surface area contributed by atoms with Gasteiger partial charge < -0.3 is 0 Å². The lowest BCUT2D eigenvalue weighted by atomic mass is 9.80. The Kier molecular flexibility index (Phi) is 7.38. The van der Waals surface area contributed by atoms with Crippen molar-refractivity contribution < 1.29 is 0 Å². The lowest BCUT2D eigenvalue weighted by Gasteiger charge is -2.23. The van der Waals surface area contributed by atoms with Gasteiger partial charge in [-0.3, -0.25) is 0 Å². The molecule has 59 heavy (non-hydrogen) atoms. The molecular weight excluding hydrogens is 709 g/mol. The van der Waals surface area contributed by atoms with Gasteiger partial charge in [0, 0.05) is 5.41 Å². The van der Waals surface area contributed by atoms with Gasteiger partial charge in [0.15, 0.2) is 0 Å². The Morgan fingerprint density at radius 2 is 0.678 bits per heavy atom. The monoisotopic (exact) mass is 748 g/mol. The Morgan fingerprint density at radius 1 is 0.254 bits per heavy atom. The highest BCUT2D eigenvalue weighted by molar-refractivity contribution is 6.25. The first kappa shape index (κ1) is 33.8. The molecule has 0 saturated heterocycles. The first-order valence-electron chi connectivity index (χ1n) is 20.8. The molecule has 0 aliphatic heterocycles. The van der Waals surface area contributed by atoms with Crippen molar-refractivity contribution in [3.63, 3.8) is 0 Å². The third kappa shape index (κ3) is 5.03. The summed E-state index contributed by atoms with van der Waals surface area (Å²) < 4.78 is 0. The molecule has 0 heteroatoms. The molecule has 276 valence electrons. The lowest BCUT2D eigenvalue weighted by molar-refractivity contribution is 0.660. The van der Waals surface area contributed by atoms with Crippen LogP contribution in [0.2, 0.25) is 0 Å². The van der Waals surface area contributed by atoms with Crippen LogP contribution in [0.4, 0.5) is 0 Å². The van der Waals surface area contributed by atoms with Crippen LogP contribution in [0.5, 0.6) is 0 Å². The van der Waals surface area contributed by atoms with E-state index in [9.17, 15) is 0 Å². The molecule has 11 aromatic rings. The van der Waals surface area contributed by atoms with Crippen LogP contribution < -0.4 is 0 Å². The summed E-state index contributed by atoms with van der Waals surface area (Å²) in [5.74, 6) is 0. The van der Waals surface area contributed by atoms with Crippen molar-refractivity contribution in [2.24, 2.45) is 0 Å². The van der Waals surface area contributed by atoms with Gasteiger partial charge in [-0.1, -0.05) is 202 Å². The zero-order chi connectivity index (χ0) is 39.2. The van der Waals surface area contributed by atoms with Crippen LogP contribution in [0.15, 0.2) is 206 Å². The van der Waals surface area contributed by atoms with E-state index in [1.807, 2.05) is 0 Å². The average molecular weight is 749 g/mol. The van der Waals surface area contributed by atoms with Gasteiger partial charge in [0.05, 0.1) is 0 Å². The van der Waals surface area contributed by atoms with Crippen molar-refractivity contribution in [1.82, 2.24) is 0 Å². The predicted octanol–water partition coefficient (Wildman–Crippen LogP) is 16.4. The SMILES string of the molecule is CC1(C)c2ccccc2-c2ccc(-c3c4ccccc4c(-c4ccc5ccccc5c4)c4ccc(-c5c6ccccc6c(-c6ccccc6)c6ccccc56)cc34)cc21. The van der Waals surface area contributed by atoms with Gasteiger partial charge in [-0.15, -0.1) is 0 Å². The quantitative estimate of drug-likeness (QED) is 0.157. The van der Waals surface area contributed by atoms with Gasteiger partial charge in [-0.2, -0.15) is 0 Å². The fraction of sp³-hybridized carbons (Fsp3) is 0.0508. The van der Waals surface area contributed by atoms with Gasteiger partial charge in [-0.05, 0) is 139 Å². The number of fused-ring (bicyclic) bond motifs is 8. The Bertz CT molecular complexity index is 3450. The van der Waals surface area contributed by atoms with E-state index < -0.39 is 0 Å². The minimum atomic E-state index is -0.109. The van der Waals surface area contributed by atoms with E-state index in [2.05, 4.69) is 220 Å². The van der Waals surface area contributed by atoms with Crippen molar-refractivity contribution in [3.8, 4) is 55.6 Å². The number of hydrogen-bond donors (Lipinski definition) is 0. The van der Waals surface area contributed by atoms with Crippen LogP contribution in [-0.4, -0.2) is 0 Å². The smallest absolute Gasteiger partial charge is 0.0159 e. The van der Waals surface area contributed by atoms with Crippen LogP contribution in [0.3, 0.4) is 0 Å². The maximum Gasteiger partial charge on any atom is 0.0159 e. The summed E-state index contributed by atoms with van der Waals surface area (Å²) in [5.41, 5.74) is 15.4. The molecule has 0 fully saturated rings. The Labute approximate surface area is 344 Å². The van der Waals surface area contributed by atoms with Crippen molar-refractivity contribution in [2.45, 2.75) is 19.3 Å². The Balaban J connectivity index is 1.20. The fourth-order valence-corrected chi connectivity index (χ4v) is 10.5. The number of hydrogen-bond acceptors (Lipinski definition) is 0. The van der Waals surface area contributed by atoms with E-state index in [4.69, 9.17) is 0 Å². The predicted molar refractivity (Wildman–Crippen MR) is 253 cm³/mol. The second-order valence-electron chi connectivity index (χ2n) is 16.8. The molecule has 0 N–H and O–H groups in total. The molecule has 12 rings (SSSR count). The molecule has 0 unspecified atom stereocenters. The summed E-state index contributed by atoms with van der Waals surface area (Å²) in [6.07, 6.45) is 0. The van der Waals surface area contributed by atoms with Crippen molar-refractivity contribution in [2.75, 3.05) is 0 Å². The van der Waals surface area contributed by atoms with Crippen molar-refractivity contribution >= 4 is 53.9 Å². The molecular formula is C59H40. The minimum absolute atomic E-state index is 0.109. The highest BCUT2D eigenvalue weighted by atomic mass is 14.4. The van der Waals surface area contributed by atoms with E-state index in [1.54, 1.807) is 0 Å². The normalized spacial score (nSPS) is 13.1. The van der Waals surface area contributed by atoms with Gasteiger partial charge in [0.25, 0.3) is 0 Å². The van der Waals surface area contributed by atoms with Crippen LogP contribution in [-0.2, 0) is 5.41 Å². The molecule has 0 bridgehead atoms. The first-order chi connectivity index (χ1) is 29.0. The molecule has 0 nitrogen and oxygen atoms in total. The fourth-order valence-electron chi connectivity index (χ4n) is 10.5. The topological polar surface area (TPSA) is 0 Å². The van der Waals surface area contributed by atoms with Gasteiger partial charge in [-0.25, -0.2) is 0 Å². The molecule has 1 aliphatic rings. The molecule has 0 radical (unpaired) electrons. The molecule has 0 amide bonds. The molecule has 0 aromatic heterocycles. The van der Waals surface area contributed by atoms with Crippen molar-refractivity contribution in [3.05, 3.63) is 217 Å². The van der Waals surface area contributed by atoms with Crippen LogP contribution >= 0.6 is 0 Å². The third-order valence-electron chi connectivity index (χ3n) is 13.2. The summed E-state index contributed by atoms with van der Waals surface area (Å²) in [4.78, 5) is 0. The van der Waals surface area contributed by atoms with Gasteiger partial charge in [0.1, 0.15) is 0 Å². The standard InChI is InChI=1S/C59H40/c1-59(2)53-27-15-14-20-43(53)44-32-30-42(36-54(44)59)58-50-26-13-12-25-49(50)56(40-29-28-37-16-6-7-19-39(37)34-40)51-33-31-41(35-52(51)58)57-47-23-10-8-21-45(47)55(38-17-4-3-5-18-38)46-22-9-11-24-48(46)57/h3-36H,1-2H3. The third-order valence-corrected chi connectivity index (χ3v) is 13.2. The summed E-state index contributed by atoms with van der Waals surface area (Å²) >= 11 is 0. The second-order valence-corrected chi connectivity index (χ2v) is 16.8. The van der Waals surface area contributed by atoms with Gasteiger partial charge >= 0.3 is 0 Å². The van der Waals surface area contributed by atoms with Crippen LogP contribution in [0.25, 0.3) is 109 Å². The first-order valence-corrected chi connectivity index (χ1v) is 20.8. The Morgan fingerprint density at radius 3 is 1.32 bits per heavy atom. The number of benzene rings is 11. The highest BCUT2D eigenvalue weighted by Crippen LogP contribution is 2.52. The van der Waals surface area contributed by atoms with Gasteiger partial charge in [0.2, 0.25) is 0 Å². The molecule has 0 heterocycles. The molecule has 1 aliphatic carbocycles. The van der Waals surface area contributed by atoms with E-state index in [1.165, 1.54) is 121 Å². The molecule has 0 saturated carbocycles. The minimum Gasteiger partial charge on any atom is -0.0622 e. The molecule has 11 aromatic carbocycles. The van der Waals surface area contributed by atoms with Crippen LogP contribution in [0, 0.1) is 0 Å². The van der Waals surface area contributed by atoms with Crippen LogP contribution in [0.1, 0.15) is 25.0 Å². The molecule has 0 spiro atoms. The van der Waals surface area contributed by atoms with E-state index >= 15 is 0 Å². The van der Waals surface area contributed by atoms with E-state index in [0.717, 1.165) is 0 Å². The van der Waals surface area contributed by atoms with Crippen molar-refractivity contribution in [1.29, 1.82) is 0 Å². The van der Waals surface area contributed by atoms with E-state index in [-0.39, 0.29) is 5.41 Å². The summed E-state index contributed by atoms with van der Waals surface area (Å²) in [5, 5.41) is 12.6. The zero-order valence-corrected chi connectivity index (χ0v) is 33.1. The summed E-state index contributed by atoms with van der Waals surface area (Å²) in [7, 11) is 0. The average Bonchev–Trinajstić information content (AvgIpc) is 3.52. The van der Waals surface area contributed by atoms with E-state index in [0.29, 0.717) is 0 Å². The maximum atomic E-state index is 2.51. The highest BCUT2D eigenvalue weighted by Gasteiger charge is 2.35. The summed E-state index contributed by atoms with van der Waals surface area (Å²) in [6.45, 7) is 4.77. The maximum absolute atomic E-state index is 2.51. The second kappa shape index (κ2) is 12.9. The Hall–Kier alpha value is -7.28. The largest absolute Gasteiger partial charge is 0.0622 e. The zero-order valence-electron chi connectivity index (χ0n) is 33.1. The molecule has 0 atom stereocenters. The number of rotatable bonds is 4. The lowest BCUT2D eigenvalue weighted by Crippen LogP contribution is -2.14. The summed E-state index contributed by atoms with van der Waals surface area (Å²) in [6, 6.07) is 77.1.